The van der Waals surface area contributed by atoms with E-state index < -0.39 is 0 Å². The quantitative estimate of drug-likeness (QED) is 0.375. The minimum absolute atomic E-state index is 0.300. The fourth-order valence-corrected chi connectivity index (χ4v) is 3.99. The third-order valence-corrected chi connectivity index (χ3v) is 5.56. The van der Waals surface area contributed by atoms with Crippen LogP contribution in [0.4, 0.5) is 0 Å². The predicted molar refractivity (Wildman–Crippen MR) is 103 cm³/mol. The number of rotatable bonds is 3. The van der Waals surface area contributed by atoms with E-state index in [2.05, 4.69) is 24.0 Å². The van der Waals surface area contributed by atoms with Gasteiger partial charge in [-0.1, -0.05) is 18.2 Å². The summed E-state index contributed by atoms with van der Waals surface area (Å²) in [7, 11) is 0. The molecule has 0 N–H and O–H groups in total. The van der Waals surface area contributed by atoms with Crippen LogP contribution in [0.1, 0.15) is 16.7 Å². The van der Waals surface area contributed by atoms with Crippen molar-refractivity contribution in [1.29, 1.82) is 0 Å². The van der Waals surface area contributed by atoms with Crippen LogP contribution in [0, 0.1) is 13.8 Å². The van der Waals surface area contributed by atoms with E-state index in [9.17, 15) is 4.79 Å². The molecular weight excluding hydrogens is 330 g/mol. The molecule has 0 amide bonds. The van der Waals surface area contributed by atoms with Gasteiger partial charge in [0, 0.05) is 33.7 Å². The molecule has 0 unspecified atom stereocenters. The molecule has 2 aromatic carbocycles. The maximum atomic E-state index is 11.9. The largest absolute Gasteiger partial charge is 0.423 e. The van der Waals surface area contributed by atoms with Crippen molar-refractivity contribution >= 4 is 33.6 Å². The molecule has 0 atom stereocenters. The summed E-state index contributed by atoms with van der Waals surface area (Å²) in [4.78, 5) is 17.5. The van der Waals surface area contributed by atoms with Crippen molar-refractivity contribution in [3.63, 3.8) is 0 Å². The molecule has 3 nitrogen and oxygen atoms in total. The third kappa shape index (κ3) is 3.05. The van der Waals surface area contributed by atoms with E-state index in [1.54, 1.807) is 17.8 Å². The Morgan fingerprint density at radius 3 is 2.68 bits per heavy atom. The number of aryl methyl sites for hydroxylation is 2. The van der Waals surface area contributed by atoms with Crippen LogP contribution in [-0.2, 0) is 5.75 Å². The van der Waals surface area contributed by atoms with Crippen molar-refractivity contribution in [2.45, 2.75) is 24.5 Å². The Balaban J connectivity index is 1.76. The van der Waals surface area contributed by atoms with Gasteiger partial charge in [0.1, 0.15) is 5.58 Å². The van der Waals surface area contributed by atoms with Gasteiger partial charge in [0.2, 0.25) is 0 Å². The Kier molecular flexibility index (Phi) is 4.06. The highest BCUT2D eigenvalue weighted by Crippen LogP contribution is 2.31. The highest BCUT2D eigenvalue weighted by Gasteiger charge is 2.09. The second-order valence-electron chi connectivity index (χ2n) is 6.14. The lowest BCUT2D eigenvalue weighted by Crippen LogP contribution is -2.00. The number of para-hydroxylation sites is 1. The zero-order chi connectivity index (χ0) is 17.4. The topological polar surface area (TPSA) is 43.1 Å². The van der Waals surface area contributed by atoms with Crippen molar-refractivity contribution in [3.8, 4) is 0 Å². The smallest absolute Gasteiger partial charge is 0.336 e. The fraction of sp³-hybridized carbons (Fsp3) is 0.143. The molecule has 0 saturated heterocycles. The zero-order valence-electron chi connectivity index (χ0n) is 14.1. The molecule has 124 valence electrons. The summed E-state index contributed by atoms with van der Waals surface area (Å²) in [5.41, 5.74) is 4.66. The van der Waals surface area contributed by atoms with Gasteiger partial charge in [0.25, 0.3) is 0 Å². The third-order valence-electron chi connectivity index (χ3n) is 4.44. The van der Waals surface area contributed by atoms with Crippen molar-refractivity contribution in [3.05, 3.63) is 81.8 Å². The Bertz CT molecular complexity index is 1140. The van der Waals surface area contributed by atoms with E-state index >= 15 is 0 Å². The van der Waals surface area contributed by atoms with Gasteiger partial charge in [0.05, 0.1) is 5.52 Å². The summed E-state index contributed by atoms with van der Waals surface area (Å²) in [6.07, 6.45) is 1.83. The van der Waals surface area contributed by atoms with Crippen molar-refractivity contribution in [2.75, 3.05) is 0 Å². The minimum atomic E-state index is -0.300. The maximum absolute atomic E-state index is 11.9. The first-order valence-corrected chi connectivity index (χ1v) is 9.11. The molecule has 25 heavy (non-hydrogen) atoms. The van der Waals surface area contributed by atoms with Crippen LogP contribution in [0.5, 0.6) is 0 Å². The molecule has 0 radical (unpaired) electrons. The second kappa shape index (κ2) is 6.37. The van der Waals surface area contributed by atoms with E-state index in [-0.39, 0.29) is 5.63 Å². The Labute approximate surface area is 149 Å². The van der Waals surface area contributed by atoms with Gasteiger partial charge in [-0.3, -0.25) is 4.98 Å². The maximum Gasteiger partial charge on any atom is 0.336 e. The van der Waals surface area contributed by atoms with Crippen LogP contribution in [0.3, 0.4) is 0 Å². The van der Waals surface area contributed by atoms with Gasteiger partial charge in [-0.05, 0) is 54.8 Å². The SMILES string of the molecule is Cc1cc2oc(=O)cc(CSc3ccnc4ccccc34)c2cc1C. The molecule has 0 aliphatic carbocycles. The van der Waals surface area contributed by atoms with Gasteiger partial charge in [-0.25, -0.2) is 4.79 Å². The van der Waals surface area contributed by atoms with E-state index in [1.807, 2.05) is 43.5 Å². The molecule has 4 aromatic rings. The Hall–Kier alpha value is -2.59. The first-order chi connectivity index (χ1) is 12.1. The molecule has 0 spiro atoms. The van der Waals surface area contributed by atoms with Gasteiger partial charge in [-0.15, -0.1) is 11.8 Å². The highest BCUT2D eigenvalue weighted by molar-refractivity contribution is 7.98. The van der Waals surface area contributed by atoms with Crippen molar-refractivity contribution in [1.82, 2.24) is 4.98 Å². The van der Waals surface area contributed by atoms with E-state index in [0.717, 1.165) is 32.3 Å². The van der Waals surface area contributed by atoms with Crippen LogP contribution in [-0.4, -0.2) is 4.98 Å². The fourth-order valence-electron chi connectivity index (χ4n) is 2.95. The van der Waals surface area contributed by atoms with Crippen LogP contribution < -0.4 is 5.63 Å². The van der Waals surface area contributed by atoms with Crippen molar-refractivity contribution in [2.24, 2.45) is 0 Å². The lowest BCUT2D eigenvalue weighted by Gasteiger charge is -2.09. The summed E-state index contributed by atoms with van der Waals surface area (Å²) in [6, 6.07) is 15.8. The summed E-state index contributed by atoms with van der Waals surface area (Å²) in [6.45, 7) is 4.10. The number of nitrogens with zero attached hydrogens (tertiary/aromatic N) is 1. The Morgan fingerprint density at radius 1 is 1.00 bits per heavy atom. The highest BCUT2D eigenvalue weighted by atomic mass is 32.2. The van der Waals surface area contributed by atoms with E-state index in [0.29, 0.717) is 11.3 Å². The molecular formula is C21H17NO2S. The number of thioether (sulfide) groups is 1. The van der Waals surface area contributed by atoms with E-state index in [4.69, 9.17) is 4.42 Å². The van der Waals surface area contributed by atoms with Gasteiger partial charge >= 0.3 is 5.63 Å². The minimum Gasteiger partial charge on any atom is -0.423 e. The Morgan fingerprint density at radius 2 is 1.80 bits per heavy atom. The summed E-state index contributed by atoms with van der Waals surface area (Å²) in [5.74, 6) is 0.707. The monoisotopic (exact) mass is 347 g/mol. The molecule has 2 aromatic heterocycles. The number of fused-ring (bicyclic) bond motifs is 2. The summed E-state index contributed by atoms with van der Waals surface area (Å²) >= 11 is 1.72. The first-order valence-electron chi connectivity index (χ1n) is 8.12. The molecule has 0 fully saturated rings. The lowest BCUT2D eigenvalue weighted by molar-refractivity contribution is 0.559. The number of aromatic nitrogens is 1. The standard InChI is InChI=1S/C21H17NO2S/c1-13-9-17-15(11-21(23)24-19(17)10-14(13)2)12-25-20-7-8-22-18-6-4-3-5-16(18)20/h3-11H,12H2,1-2H3. The van der Waals surface area contributed by atoms with Crippen LogP contribution in [0.2, 0.25) is 0 Å². The molecule has 0 saturated carbocycles. The molecule has 0 aliphatic rings. The van der Waals surface area contributed by atoms with Crippen molar-refractivity contribution < 1.29 is 4.42 Å². The zero-order valence-corrected chi connectivity index (χ0v) is 14.9. The predicted octanol–water partition coefficient (Wildman–Crippen LogP) is 5.25. The number of pyridine rings is 1. The van der Waals surface area contributed by atoms with Gasteiger partial charge in [0.15, 0.2) is 0 Å². The second-order valence-corrected chi connectivity index (χ2v) is 7.16. The molecule has 0 bridgehead atoms. The van der Waals surface area contributed by atoms with E-state index in [1.165, 1.54) is 5.56 Å². The normalized spacial score (nSPS) is 11.3. The molecule has 0 aliphatic heterocycles. The summed E-state index contributed by atoms with van der Waals surface area (Å²) in [5, 5.41) is 2.14. The van der Waals surface area contributed by atoms with Crippen LogP contribution in [0.15, 0.2) is 68.8 Å². The number of benzene rings is 2. The van der Waals surface area contributed by atoms with Gasteiger partial charge in [-0.2, -0.15) is 0 Å². The van der Waals surface area contributed by atoms with Crippen LogP contribution >= 0.6 is 11.8 Å². The average Bonchev–Trinajstić information content (AvgIpc) is 2.61. The number of hydrogen-bond donors (Lipinski definition) is 0. The van der Waals surface area contributed by atoms with Crippen LogP contribution in [0.25, 0.3) is 21.9 Å². The lowest BCUT2D eigenvalue weighted by atomic mass is 10.0. The summed E-state index contributed by atoms with van der Waals surface area (Å²) < 4.78 is 5.39. The number of hydrogen-bond acceptors (Lipinski definition) is 4. The first kappa shape index (κ1) is 15.9. The molecule has 4 rings (SSSR count). The average molecular weight is 347 g/mol. The molecule has 4 heteroatoms. The molecule has 2 heterocycles. The van der Waals surface area contributed by atoms with Gasteiger partial charge < -0.3 is 4.42 Å².